The number of sulfonamides is 1. The fourth-order valence-corrected chi connectivity index (χ4v) is 5.80. The van der Waals surface area contributed by atoms with Crippen molar-refractivity contribution in [3.8, 4) is 0 Å². The van der Waals surface area contributed by atoms with E-state index in [4.69, 9.17) is 0 Å². The number of carbonyl (C=O) groups is 1. The van der Waals surface area contributed by atoms with E-state index in [1.165, 1.54) is 28.6 Å². The molecule has 2 aromatic rings. The minimum Gasteiger partial charge on any atom is -0.308 e. The predicted molar refractivity (Wildman–Crippen MR) is 116 cm³/mol. The molecule has 0 fully saturated rings. The van der Waals surface area contributed by atoms with Crippen molar-refractivity contribution < 1.29 is 21.6 Å². The van der Waals surface area contributed by atoms with Crippen molar-refractivity contribution in [2.75, 3.05) is 30.8 Å². The number of benzene rings is 2. The number of amides is 1. The summed E-state index contributed by atoms with van der Waals surface area (Å²) in [5.41, 5.74) is 1.89. The van der Waals surface area contributed by atoms with Crippen LogP contribution in [0.1, 0.15) is 36.2 Å². The first-order valence-corrected chi connectivity index (χ1v) is 13.2. The Morgan fingerprint density at radius 2 is 1.57 bits per heavy atom. The summed E-state index contributed by atoms with van der Waals surface area (Å²) in [6.07, 6.45) is 2.53. The Kier molecular flexibility index (Phi) is 6.35. The fourth-order valence-electron chi connectivity index (χ4n) is 3.66. The summed E-state index contributed by atoms with van der Waals surface area (Å²) in [4.78, 5) is 15.1. The standard InChI is InChI=1S/C21H26N2O5S2/c1-4-22(5-2)30(27,28)19-12-13-20-17(15-19)7-6-14-23(20)21(24)16-8-10-18(11-9-16)29(3,25)26/h8-13,15H,4-7,14H2,1-3H3. The van der Waals surface area contributed by atoms with Gasteiger partial charge in [0.25, 0.3) is 5.91 Å². The smallest absolute Gasteiger partial charge is 0.258 e. The van der Waals surface area contributed by atoms with Crippen LogP contribution in [-0.4, -0.2) is 52.9 Å². The summed E-state index contributed by atoms with van der Waals surface area (Å²) in [6.45, 7) is 4.90. The van der Waals surface area contributed by atoms with Gasteiger partial charge in [-0.2, -0.15) is 4.31 Å². The van der Waals surface area contributed by atoms with Crippen LogP contribution in [0.25, 0.3) is 0 Å². The topological polar surface area (TPSA) is 91.8 Å². The summed E-state index contributed by atoms with van der Waals surface area (Å²) in [6, 6.07) is 10.8. The maximum atomic E-state index is 13.1. The second kappa shape index (κ2) is 8.49. The molecule has 162 valence electrons. The second-order valence-corrected chi connectivity index (χ2v) is 11.2. The molecule has 0 unspecified atom stereocenters. The predicted octanol–water partition coefficient (Wildman–Crippen LogP) is 2.71. The fraction of sp³-hybridized carbons (Fsp3) is 0.381. The highest BCUT2D eigenvalue weighted by Gasteiger charge is 2.27. The van der Waals surface area contributed by atoms with E-state index in [-0.39, 0.29) is 15.7 Å². The van der Waals surface area contributed by atoms with Gasteiger partial charge in [-0.25, -0.2) is 16.8 Å². The number of nitrogens with zero attached hydrogens (tertiary/aromatic N) is 2. The maximum absolute atomic E-state index is 13.1. The summed E-state index contributed by atoms with van der Waals surface area (Å²) in [7, 11) is -6.91. The van der Waals surface area contributed by atoms with Crippen molar-refractivity contribution in [3.05, 3.63) is 53.6 Å². The van der Waals surface area contributed by atoms with Gasteiger partial charge in [-0.1, -0.05) is 13.8 Å². The molecule has 0 saturated heterocycles. The normalized spacial score (nSPS) is 14.6. The van der Waals surface area contributed by atoms with E-state index >= 15 is 0 Å². The first kappa shape index (κ1) is 22.5. The molecule has 1 heterocycles. The number of hydrogen-bond acceptors (Lipinski definition) is 5. The van der Waals surface area contributed by atoms with Crippen LogP contribution in [0.4, 0.5) is 5.69 Å². The molecule has 0 bridgehead atoms. The largest absolute Gasteiger partial charge is 0.308 e. The quantitative estimate of drug-likeness (QED) is 0.675. The molecule has 0 saturated carbocycles. The number of hydrogen-bond donors (Lipinski definition) is 0. The molecule has 7 nitrogen and oxygen atoms in total. The maximum Gasteiger partial charge on any atom is 0.258 e. The zero-order valence-electron chi connectivity index (χ0n) is 17.3. The van der Waals surface area contributed by atoms with Gasteiger partial charge in [0.05, 0.1) is 9.79 Å². The molecule has 30 heavy (non-hydrogen) atoms. The van der Waals surface area contributed by atoms with Crippen LogP contribution >= 0.6 is 0 Å². The van der Waals surface area contributed by atoms with E-state index in [1.807, 2.05) is 0 Å². The van der Waals surface area contributed by atoms with Crippen molar-refractivity contribution in [2.45, 2.75) is 36.5 Å². The van der Waals surface area contributed by atoms with Gasteiger partial charge in [0, 0.05) is 37.1 Å². The Bertz CT molecular complexity index is 1150. The van der Waals surface area contributed by atoms with Gasteiger partial charge in [-0.15, -0.1) is 0 Å². The lowest BCUT2D eigenvalue weighted by Gasteiger charge is -2.30. The van der Waals surface area contributed by atoms with Gasteiger partial charge < -0.3 is 4.90 Å². The lowest BCUT2D eigenvalue weighted by Crippen LogP contribution is -2.36. The average Bonchev–Trinajstić information content (AvgIpc) is 2.72. The molecule has 0 radical (unpaired) electrons. The van der Waals surface area contributed by atoms with E-state index in [2.05, 4.69) is 0 Å². The molecule has 3 rings (SSSR count). The van der Waals surface area contributed by atoms with Crippen LogP contribution in [0, 0.1) is 0 Å². The molecule has 0 aromatic heterocycles. The van der Waals surface area contributed by atoms with Crippen molar-refractivity contribution in [1.29, 1.82) is 0 Å². The zero-order valence-corrected chi connectivity index (χ0v) is 19.0. The van der Waals surface area contributed by atoms with Gasteiger partial charge >= 0.3 is 0 Å². The van der Waals surface area contributed by atoms with Crippen LogP contribution in [-0.2, 0) is 26.3 Å². The van der Waals surface area contributed by atoms with Crippen LogP contribution in [0.15, 0.2) is 52.3 Å². The minimum atomic E-state index is -3.57. The molecule has 9 heteroatoms. The van der Waals surface area contributed by atoms with Crippen molar-refractivity contribution in [3.63, 3.8) is 0 Å². The van der Waals surface area contributed by atoms with E-state index in [1.54, 1.807) is 36.9 Å². The number of aryl methyl sites for hydroxylation is 1. The number of carbonyl (C=O) groups excluding carboxylic acids is 1. The first-order valence-electron chi connectivity index (χ1n) is 9.84. The first-order chi connectivity index (χ1) is 14.1. The Morgan fingerprint density at radius 3 is 2.13 bits per heavy atom. The van der Waals surface area contributed by atoms with E-state index in [0.717, 1.165) is 18.2 Å². The monoisotopic (exact) mass is 450 g/mol. The molecule has 2 aromatic carbocycles. The molecular formula is C21H26N2O5S2. The third-order valence-corrected chi connectivity index (χ3v) is 8.46. The van der Waals surface area contributed by atoms with Crippen molar-refractivity contribution >= 4 is 31.5 Å². The highest BCUT2D eigenvalue weighted by molar-refractivity contribution is 7.90. The van der Waals surface area contributed by atoms with Crippen LogP contribution in [0.3, 0.4) is 0 Å². The Morgan fingerprint density at radius 1 is 0.967 bits per heavy atom. The summed E-state index contributed by atoms with van der Waals surface area (Å²) < 4.78 is 50.3. The molecule has 0 aliphatic carbocycles. The number of anilines is 1. The number of sulfone groups is 1. The second-order valence-electron chi connectivity index (χ2n) is 7.24. The molecular weight excluding hydrogens is 424 g/mol. The van der Waals surface area contributed by atoms with Gasteiger partial charge in [0.1, 0.15) is 0 Å². The molecule has 1 amide bonds. The SMILES string of the molecule is CCN(CC)S(=O)(=O)c1ccc2c(c1)CCCN2C(=O)c1ccc(S(C)(=O)=O)cc1. The van der Waals surface area contributed by atoms with E-state index in [9.17, 15) is 21.6 Å². The minimum absolute atomic E-state index is 0.157. The van der Waals surface area contributed by atoms with Crippen molar-refractivity contribution in [1.82, 2.24) is 4.31 Å². The highest BCUT2D eigenvalue weighted by Crippen LogP contribution is 2.31. The third-order valence-electron chi connectivity index (χ3n) is 5.29. The highest BCUT2D eigenvalue weighted by atomic mass is 32.2. The number of fused-ring (bicyclic) bond motifs is 1. The Balaban J connectivity index is 1.94. The summed E-state index contributed by atoms with van der Waals surface area (Å²) >= 11 is 0. The molecule has 0 N–H and O–H groups in total. The van der Waals surface area contributed by atoms with Gasteiger partial charge in [0.2, 0.25) is 10.0 Å². The lowest BCUT2D eigenvalue weighted by atomic mass is 10.0. The third kappa shape index (κ3) is 4.28. The van der Waals surface area contributed by atoms with Gasteiger partial charge in [0.15, 0.2) is 9.84 Å². The Labute approximate surface area is 178 Å². The van der Waals surface area contributed by atoms with Crippen LogP contribution in [0.2, 0.25) is 0 Å². The average molecular weight is 451 g/mol. The van der Waals surface area contributed by atoms with Gasteiger partial charge in [-0.05, 0) is 60.9 Å². The zero-order chi connectivity index (χ0) is 22.1. The molecule has 0 spiro atoms. The molecule has 1 aliphatic heterocycles. The Hall–Kier alpha value is -2.23. The van der Waals surface area contributed by atoms with E-state index in [0.29, 0.717) is 37.3 Å². The van der Waals surface area contributed by atoms with Crippen molar-refractivity contribution in [2.24, 2.45) is 0 Å². The van der Waals surface area contributed by atoms with Crippen LogP contribution < -0.4 is 4.90 Å². The molecule has 0 atom stereocenters. The van der Waals surface area contributed by atoms with Crippen LogP contribution in [0.5, 0.6) is 0 Å². The summed E-state index contributed by atoms with van der Waals surface area (Å²) in [5, 5.41) is 0. The lowest BCUT2D eigenvalue weighted by molar-refractivity contribution is 0.0985. The van der Waals surface area contributed by atoms with Gasteiger partial charge in [-0.3, -0.25) is 4.79 Å². The number of rotatable bonds is 6. The summed E-state index contributed by atoms with van der Waals surface area (Å²) in [5.74, 6) is -0.240. The van der Waals surface area contributed by atoms with E-state index < -0.39 is 19.9 Å². The molecule has 1 aliphatic rings.